The highest BCUT2D eigenvalue weighted by Crippen LogP contribution is 2.33. The number of nitrogens with two attached hydrogens (primary N) is 1. The van der Waals surface area contributed by atoms with E-state index in [1.54, 1.807) is 0 Å². The summed E-state index contributed by atoms with van der Waals surface area (Å²) in [5.74, 6) is -2.13. The molecule has 3 rings (SSSR count). The van der Waals surface area contributed by atoms with Crippen LogP contribution in [0.1, 0.15) is 26.3 Å². The Morgan fingerprint density at radius 1 is 0.900 bits per heavy atom. The van der Waals surface area contributed by atoms with Gasteiger partial charge in [-0.3, -0.25) is 14.9 Å². The number of rotatable bonds is 6. The molecule has 0 atom stereocenters. The van der Waals surface area contributed by atoms with Crippen LogP contribution in [0, 0.1) is 10.1 Å². The Labute approximate surface area is 170 Å². The molecule has 30 heavy (non-hydrogen) atoms. The molecule has 0 aliphatic rings. The molecule has 3 aromatic rings. The lowest BCUT2D eigenvalue weighted by Crippen LogP contribution is -2.12. The van der Waals surface area contributed by atoms with E-state index in [9.17, 15) is 33.2 Å². The van der Waals surface area contributed by atoms with E-state index < -0.39 is 37.1 Å². The van der Waals surface area contributed by atoms with Crippen LogP contribution in [0.3, 0.4) is 0 Å². The number of para-hydroxylation sites is 1. The lowest BCUT2D eigenvalue weighted by Gasteiger charge is -2.10. The van der Waals surface area contributed by atoms with Gasteiger partial charge in [-0.25, -0.2) is 13.2 Å². The molecule has 0 unspecified atom stereocenters. The molecule has 0 saturated heterocycles. The Morgan fingerprint density at radius 3 is 2.10 bits per heavy atom. The van der Waals surface area contributed by atoms with Crippen molar-refractivity contribution < 1.29 is 28.0 Å². The second-order valence-electron chi connectivity index (χ2n) is 6.16. The maximum Gasteiger partial charge on any atom is 0.336 e. The highest BCUT2D eigenvalue weighted by Gasteiger charge is 2.30. The first kappa shape index (κ1) is 20.7. The van der Waals surface area contributed by atoms with Crippen molar-refractivity contribution in [2.45, 2.75) is 9.79 Å². The van der Waals surface area contributed by atoms with E-state index in [0.29, 0.717) is 0 Å². The fourth-order valence-corrected chi connectivity index (χ4v) is 4.42. The van der Waals surface area contributed by atoms with Crippen LogP contribution in [-0.2, 0) is 9.84 Å². The van der Waals surface area contributed by atoms with Crippen molar-refractivity contribution in [1.29, 1.82) is 0 Å². The summed E-state index contributed by atoms with van der Waals surface area (Å²) in [6.07, 6.45) is 0. The summed E-state index contributed by atoms with van der Waals surface area (Å²) in [4.78, 5) is 33.8. The highest BCUT2D eigenvalue weighted by molar-refractivity contribution is 7.91. The average molecular weight is 426 g/mol. The van der Waals surface area contributed by atoms with Gasteiger partial charge < -0.3 is 10.8 Å². The van der Waals surface area contributed by atoms with Crippen LogP contribution >= 0.6 is 0 Å². The number of carbonyl (C=O) groups excluding carboxylic acids is 1. The van der Waals surface area contributed by atoms with Crippen LogP contribution < -0.4 is 5.73 Å². The normalized spacial score (nSPS) is 11.1. The van der Waals surface area contributed by atoms with Gasteiger partial charge in [0.2, 0.25) is 9.84 Å². The molecule has 0 amide bonds. The van der Waals surface area contributed by atoms with Crippen molar-refractivity contribution in [3.05, 3.63) is 93.5 Å². The van der Waals surface area contributed by atoms with Crippen molar-refractivity contribution in [2.75, 3.05) is 5.73 Å². The zero-order chi connectivity index (χ0) is 22.1. The van der Waals surface area contributed by atoms with Crippen molar-refractivity contribution in [2.24, 2.45) is 0 Å². The number of carboxylic acids is 1. The van der Waals surface area contributed by atoms with Gasteiger partial charge in [-0.2, -0.15) is 0 Å². The third-order valence-corrected chi connectivity index (χ3v) is 6.19. The molecule has 0 fully saturated rings. The number of ketones is 1. The fraction of sp³-hybridized carbons (Fsp3) is 0. The molecule has 0 radical (unpaired) electrons. The van der Waals surface area contributed by atoms with E-state index in [0.717, 1.165) is 18.2 Å². The summed E-state index contributed by atoms with van der Waals surface area (Å²) >= 11 is 0. The lowest BCUT2D eigenvalue weighted by atomic mass is 9.98. The van der Waals surface area contributed by atoms with Crippen LogP contribution in [0.4, 0.5) is 11.4 Å². The number of anilines is 1. The zero-order valence-corrected chi connectivity index (χ0v) is 16.0. The smallest absolute Gasteiger partial charge is 0.336 e. The number of benzene rings is 3. The number of aromatic carboxylic acids is 1. The van der Waals surface area contributed by atoms with Crippen LogP contribution in [0.25, 0.3) is 0 Å². The SMILES string of the molecule is Nc1ccccc1S(=O)(=O)c1ccc(C(=O)c2ccccc2C(=O)O)cc1[N+](=O)[O-]. The van der Waals surface area contributed by atoms with Crippen LogP contribution in [-0.4, -0.2) is 30.2 Å². The van der Waals surface area contributed by atoms with Crippen molar-refractivity contribution in [1.82, 2.24) is 0 Å². The monoisotopic (exact) mass is 426 g/mol. The second kappa shape index (κ2) is 7.76. The molecule has 0 aliphatic carbocycles. The third-order valence-electron chi connectivity index (χ3n) is 4.32. The quantitative estimate of drug-likeness (QED) is 0.263. The minimum Gasteiger partial charge on any atom is -0.478 e. The highest BCUT2D eigenvalue weighted by atomic mass is 32.2. The van der Waals surface area contributed by atoms with Crippen LogP contribution in [0.2, 0.25) is 0 Å². The predicted octanol–water partition coefficient (Wildman–Crippen LogP) is 2.94. The third kappa shape index (κ3) is 3.63. The van der Waals surface area contributed by atoms with Crippen molar-refractivity contribution >= 4 is 33.0 Å². The number of hydrogen-bond acceptors (Lipinski definition) is 7. The summed E-state index contributed by atoms with van der Waals surface area (Å²) in [5, 5.41) is 20.8. The van der Waals surface area contributed by atoms with Gasteiger partial charge in [-0.05, 0) is 30.3 Å². The summed E-state index contributed by atoms with van der Waals surface area (Å²) < 4.78 is 25.9. The number of carbonyl (C=O) groups is 2. The van der Waals surface area contributed by atoms with Gasteiger partial charge in [0.1, 0.15) is 4.90 Å². The van der Waals surface area contributed by atoms with Gasteiger partial charge in [-0.1, -0.05) is 30.3 Å². The number of nitrogens with zero attached hydrogens (tertiary/aromatic N) is 1. The van der Waals surface area contributed by atoms with E-state index in [2.05, 4.69) is 0 Å². The van der Waals surface area contributed by atoms with E-state index >= 15 is 0 Å². The molecule has 3 aromatic carbocycles. The van der Waals surface area contributed by atoms with Gasteiger partial charge in [0, 0.05) is 17.2 Å². The van der Waals surface area contributed by atoms with Gasteiger partial charge >= 0.3 is 5.97 Å². The fourth-order valence-electron chi connectivity index (χ4n) is 2.90. The minimum absolute atomic E-state index is 0.0812. The molecule has 0 heterocycles. The molecular weight excluding hydrogens is 412 g/mol. The topological polar surface area (TPSA) is 158 Å². The first-order valence-corrected chi connectivity index (χ1v) is 9.88. The molecule has 0 bridgehead atoms. The Hall–Kier alpha value is -4.05. The summed E-state index contributed by atoms with van der Waals surface area (Å²) in [7, 11) is -4.35. The van der Waals surface area contributed by atoms with Gasteiger partial charge in [0.15, 0.2) is 5.78 Å². The predicted molar refractivity (Wildman–Crippen MR) is 106 cm³/mol. The average Bonchev–Trinajstić information content (AvgIpc) is 2.72. The van der Waals surface area contributed by atoms with E-state index in [-0.39, 0.29) is 27.3 Å². The zero-order valence-electron chi connectivity index (χ0n) is 15.2. The number of nitro benzene ring substituents is 1. The minimum atomic E-state index is -4.35. The van der Waals surface area contributed by atoms with Crippen LogP contribution in [0.5, 0.6) is 0 Å². The summed E-state index contributed by atoms with van der Waals surface area (Å²) in [5.41, 5.74) is 4.12. The first-order chi connectivity index (χ1) is 14.1. The number of sulfone groups is 1. The molecule has 0 aliphatic heterocycles. The molecule has 9 nitrogen and oxygen atoms in total. The maximum atomic E-state index is 12.9. The largest absolute Gasteiger partial charge is 0.478 e. The first-order valence-electron chi connectivity index (χ1n) is 8.39. The summed E-state index contributed by atoms with van der Waals surface area (Å²) in [6, 6.07) is 13.7. The maximum absolute atomic E-state index is 12.9. The molecule has 3 N–H and O–H groups in total. The second-order valence-corrected chi connectivity index (χ2v) is 8.05. The summed E-state index contributed by atoms with van der Waals surface area (Å²) in [6.45, 7) is 0. The van der Waals surface area contributed by atoms with Crippen LogP contribution in [0.15, 0.2) is 76.5 Å². The van der Waals surface area contributed by atoms with E-state index in [4.69, 9.17) is 5.73 Å². The van der Waals surface area contributed by atoms with Gasteiger partial charge in [-0.15, -0.1) is 0 Å². The number of nitrogen functional groups attached to an aromatic ring is 1. The van der Waals surface area contributed by atoms with E-state index in [1.807, 2.05) is 0 Å². The molecule has 10 heteroatoms. The Morgan fingerprint density at radius 2 is 1.50 bits per heavy atom. The Balaban J connectivity index is 2.17. The molecular formula is C20H14N2O7S. The van der Waals surface area contributed by atoms with E-state index in [1.165, 1.54) is 48.5 Å². The number of hydrogen-bond donors (Lipinski definition) is 2. The molecule has 0 saturated carbocycles. The number of carboxylic acid groups (broad SMARTS) is 1. The Bertz CT molecular complexity index is 1300. The van der Waals surface area contributed by atoms with Gasteiger partial charge in [0.05, 0.1) is 21.1 Å². The molecule has 0 spiro atoms. The van der Waals surface area contributed by atoms with Crippen molar-refractivity contribution in [3.63, 3.8) is 0 Å². The van der Waals surface area contributed by atoms with Crippen molar-refractivity contribution in [3.8, 4) is 0 Å². The number of nitro groups is 1. The molecule has 152 valence electrons. The lowest BCUT2D eigenvalue weighted by molar-refractivity contribution is -0.387. The Kier molecular flexibility index (Phi) is 5.35. The standard InChI is InChI=1S/C20H14N2O7S/c21-15-7-3-4-8-17(15)30(28,29)18-10-9-12(11-16(18)22(26)27)19(23)13-5-1-2-6-14(13)20(24)25/h1-11H,21H2,(H,24,25). The van der Waals surface area contributed by atoms with Gasteiger partial charge in [0.25, 0.3) is 5.69 Å². The molecule has 0 aromatic heterocycles.